The van der Waals surface area contributed by atoms with E-state index in [9.17, 15) is 0 Å². The number of fused-ring (bicyclic) bond motifs is 15. The minimum atomic E-state index is 1.05. The minimum Gasteiger partial charge on any atom is -0.310 e. The summed E-state index contributed by atoms with van der Waals surface area (Å²) in [7, 11) is 0. The first kappa shape index (κ1) is 71.7. The Morgan fingerprint density at radius 1 is 0.153 bits per heavy atom. The number of hydrogen-bond acceptors (Lipinski definition) is 2. The average Bonchev–Trinajstić information content (AvgIpc) is 1.38. The first-order chi connectivity index (χ1) is 61.5. The van der Waals surface area contributed by atoms with Crippen LogP contribution in [0.15, 0.2) is 473 Å². The van der Waals surface area contributed by atoms with Crippen molar-refractivity contribution in [2.75, 3.05) is 9.80 Å². The lowest BCUT2D eigenvalue weighted by Crippen LogP contribution is -2.11. The first-order valence-electron chi connectivity index (χ1n) is 42.8. The van der Waals surface area contributed by atoms with Gasteiger partial charge in [-0.2, -0.15) is 0 Å². The zero-order valence-electron chi connectivity index (χ0n) is 67.8. The molecule has 0 fully saturated rings. The van der Waals surface area contributed by atoms with E-state index in [0.29, 0.717) is 0 Å². The maximum absolute atomic E-state index is 2.52. The van der Waals surface area contributed by atoms with Crippen LogP contribution >= 0.6 is 0 Å². The van der Waals surface area contributed by atoms with Crippen molar-refractivity contribution in [1.29, 1.82) is 0 Å². The van der Waals surface area contributed by atoms with Crippen molar-refractivity contribution in [3.8, 4) is 89.3 Å². The molecule has 4 nitrogen and oxygen atoms in total. The highest BCUT2D eigenvalue weighted by Crippen LogP contribution is 2.50. The van der Waals surface area contributed by atoms with Crippen LogP contribution in [0, 0.1) is 0 Å². The smallest absolute Gasteiger partial charge is 0.0619 e. The summed E-state index contributed by atoms with van der Waals surface area (Å²) in [6.07, 6.45) is 0. The summed E-state index contributed by atoms with van der Waals surface area (Å²) in [4.78, 5) is 4.86. The summed E-state index contributed by atoms with van der Waals surface area (Å²) in [6.45, 7) is 0. The third-order valence-electron chi connectivity index (χ3n) is 25.6. The average molecular weight is 1580 g/mol. The highest BCUT2D eigenvalue weighted by molar-refractivity contribution is 6.23. The van der Waals surface area contributed by atoms with Crippen LogP contribution in [0.1, 0.15) is 0 Å². The molecule has 0 aliphatic heterocycles. The van der Waals surface area contributed by atoms with Crippen LogP contribution in [0.4, 0.5) is 34.1 Å². The van der Waals surface area contributed by atoms with Gasteiger partial charge in [-0.05, 0) is 242 Å². The molecule has 0 amide bonds. The number of hydrogen-bond donors (Lipinski definition) is 0. The molecule has 0 unspecified atom stereocenters. The van der Waals surface area contributed by atoms with Crippen molar-refractivity contribution in [3.05, 3.63) is 473 Å². The Morgan fingerprint density at radius 3 is 1.23 bits per heavy atom. The molecule has 24 rings (SSSR count). The number of rotatable bonds is 15. The van der Waals surface area contributed by atoms with Gasteiger partial charge < -0.3 is 18.9 Å². The van der Waals surface area contributed by atoms with Crippen LogP contribution in [0.5, 0.6) is 0 Å². The third-order valence-corrected chi connectivity index (χ3v) is 25.6. The van der Waals surface area contributed by atoms with Crippen LogP contribution in [-0.2, 0) is 0 Å². The van der Waals surface area contributed by atoms with Gasteiger partial charge in [0.25, 0.3) is 0 Å². The van der Waals surface area contributed by atoms with Gasteiger partial charge in [0, 0.05) is 72.1 Å². The maximum Gasteiger partial charge on any atom is 0.0619 e. The van der Waals surface area contributed by atoms with Crippen LogP contribution < -0.4 is 9.80 Å². The van der Waals surface area contributed by atoms with Gasteiger partial charge >= 0.3 is 0 Å². The van der Waals surface area contributed by atoms with E-state index in [-0.39, 0.29) is 0 Å². The molecule has 0 bridgehead atoms. The van der Waals surface area contributed by atoms with Crippen LogP contribution in [-0.4, -0.2) is 9.13 Å². The largest absolute Gasteiger partial charge is 0.310 e. The van der Waals surface area contributed by atoms with Crippen molar-refractivity contribution >= 4 is 142 Å². The van der Waals surface area contributed by atoms with E-state index in [1.165, 1.54) is 125 Å². The summed E-state index contributed by atoms with van der Waals surface area (Å²) in [5.74, 6) is 0. The monoisotopic (exact) mass is 1570 g/mol. The van der Waals surface area contributed by atoms with E-state index >= 15 is 0 Å². The first-order valence-corrected chi connectivity index (χ1v) is 42.8. The molecule has 0 radical (unpaired) electrons. The van der Waals surface area contributed by atoms with Crippen molar-refractivity contribution in [3.63, 3.8) is 0 Å². The second kappa shape index (κ2) is 29.8. The molecule has 0 saturated heterocycles. The summed E-state index contributed by atoms with van der Waals surface area (Å²) < 4.78 is 4.98. The van der Waals surface area contributed by atoms with Gasteiger partial charge in [0.2, 0.25) is 0 Å². The van der Waals surface area contributed by atoms with Crippen LogP contribution in [0.3, 0.4) is 0 Å². The molecule has 0 aliphatic carbocycles. The van der Waals surface area contributed by atoms with Gasteiger partial charge in [0.1, 0.15) is 0 Å². The van der Waals surface area contributed by atoms with Gasteiger partial charge in [-0.1, -0.05) is 352 Å². The molecule has 0 spiro atoms. The van der Waals surface area contributed by atoms with Crippen molar-refractivity contribution in [1.82, 2.24) is 9.13 Å². The van der Waals surface area contributed by atoms with E-state index in [1.54, 1.807) is 0 Å². The van der Waals surface area contributed by atoms with Gasteiger partial charge in [0.05, 0.1) is 39.1 Å². The second-order valence-corrected chi connectivity index (χ2v) is 32.6. The van der Waals surface area contributed by atoms with Crippen LogP contribution in [0.2, 0.25) is 0 Å². The summed E-state index contributed by atoms with van der Waals surface area (Å²) in [5, 5.41) is 19.5. The quantitative estimate of drug-likeness (QED) is 0.0951. The van der Waals surface area contributed by atoms with E-state index in [1.807, 2.05) is 0 Å². The number of nitrogens with zero attached hydrogens (tertiary/aromatic N) is 4. The Labute approximate surface area is 718 Å². The molecule has 124 heavy (non-hydrogen) atoms. The Bertz CT molecular complexity index is 8360. The van der Waals surface area contributed by atoms with E-state index in [0.717, 1.165) is 107 Å². The fourth-order valence-electron chi connectivity index (χ4n) is 19.9. The lowest BCUT2D eigenvalue weighted by molar-refractivity contribution is 1.18. The summed E-state index contributed by atoms with van der Waals surface area (Å²) >= 11 is 0. The highest BCUT2D eigenvalue weighted by Gasteiger charge is 2.25. The van der Waals surface area contributed by atoms with Crippen LogP contribution in [0.25, 0.3) is 198 Å². The van der Waals surface area contributed by atoms with Crippen molar-refractivity contribution in [2.45, 2.75) is 0 Å². The highest BCUT2D eigenvalue weighted by atomic mass is 15.2. The van der Waals surface area contributed by atoms with E-state index < -0.39 is 0 Å². The van der Waals surface area contributed by atoms with Gasteiger partial charge in [-0.25, -0.2) is 0 Å². The zero-order valence-corrected chi connectivity index (χ0v) is 67.8. The Balaban J connectivity index is 0.592. The molecular formula is C120H78N4. The minimum absolute atomic E-state index is 1.05. The molecule has 22 aromatic carbocycles. The topological polar surface area (TPSA) is 16.3 Å². The Hall–Kier alpha value is -16.4. The molecule has 2 heterocycles. The van der Waals surface area contributed by atoms with Crippen molar-refractivity contribution < 1.29 is 0 Å². The summed E-state index contributed by atoms with van der Waals surface area (Å²) in [6, 6.07) is 175. The third kappa shape index (κ3) is 12.1. The molecule has 24 aromatic rings. The zero-order chi connectivity index (χ0) is 81.7. The lowest BCUT2D eigenvalue weighted by atomic mass is 9.88. The fourth-order valence-corrected chi connectivity index (χ4v) is 19.9. The molecule has 0 atom stereocenters. The molecule has 0 N–H and O–H groups in total. The maximum atomic E-state index is 2.52. The molecule has 0 aliphatic rings. The summed E-state index contributed by atoms with van der Waals surface area (Å²) in [5.41, 5.74) is 29.6. The van der Waals surface area contributed by atoms with E-state index in [4.69, 9.17) is 0 Å². The molecule has 2 aromatic heterocycles. The predicted octanol–water partition coefficient (Wildman–Crippen LogP) is 33.4. The fraction of sp³-hybridized carbons (Fsp3) is 0. The number of anilines is 6. The number of benzene rings is 22. The van der Waals surface area contributed by atoms with Crippen molar-refractivity contribution in [2.24, 2.45) is 0 Å². The van der Waals surface area contributed by atoms with E-state index in [2.05, 4.69) is 492 Å². The number of aromatic nitrogens is 2. The molecule has 4 heteroatoms. The standard InChI is InChI=1S/C120H78N4/c1-3-29-79(30-4-1)83-36-25-40-94(72-83)121(92-65-59-81(60-66-92)99-45-16-21-55-114(99)123-116-57-23-19-51-107(116)112-75-84-33-7-8-34-85(84)78-118(112)123)95-41-26-37-86(73-95)111-77-91-39-28-53-101(119(91)108-52-14-13-49-105(108)111)89-63-69-102-90(71-89)64-70-109-106-50-18-24-58-117(106)124(120(102)109)115-56-22-17-46-100(115)82-61-67-93(68-62-82)122(113-54-20-15-44-98(113)80-31-5-2-6-32-80)96-42-27-38-87(74-96)110-76-88-35-9-10-43-97(88)103-47-11-12-48-104(103)110/h1-78H. The Morgan fingerprint density at radius 2 is 0.565 bits per heavy atom. The Kier molecular flexibility index (Phi) is 17.2. The lowest BCUT2D eigenvalue weighted by Gasteiger charge is -2.28. The van der Waals surface area contributed by atoms with Gasteiger partial charge in [-0.3, -0.25) is 0 Å². The second-order valence-electron chi connectivity index (χ2n) is 32.6. The molecule has 578 valence electrons. The normalized spacial score (nSPS) is 11.7. The molecule has 0 saturated carbocycles. The predicted molar refractivity (Wildman–Crippen MR) is 528 cm³/mol. The van der Waals surface area contributed by atoms with Gasteiger partial charge in [-0.15, -0.1) is 0 Å². The molecular weight excluding hydrogens is 1500 g/mol. The number of para-hydroxylation sites is 5. The SMILES string of the molecule is c1ccc(-c2cccc(N(c3ccc(-c4ccccc4-n4c5ccccc5c5cc6ccccc6cc54)cc3)c3cccc(-c4cc5cccc(-c6ccc7c(ccc8c9ccccc9n(-c9ccccc9-c9ccc(N(c%10cccc(-c%11cc%12ccccc%12c%12ccccc%11%12)c%10)c%10ccccc%10-c%10ccccc%10)cc9)c78)c6)c5c5ccccc45)c3)c2)cc1. The van der Waals surface area contributed by atoms with Gasteiger partial charge in [0.15, 0.2) is 0 Å².